The number of benzene rings is 1. The maximum absolute atomic E-state index is 9.16. The third-order valence-corrected chi connectivity index (χ3v) is 3.52. The molecule has 2 aromatic rings. The van der Waals surface area contributed by atoms with Gasteiger partial charge in [-0.15, -0.1) is 0 Å². The number of aromatic nitrogens is 1. The monoisotopic (exact) mass is 249 g/mol. The first kappa shape index (κ1) is 11.7. The van der Waals surface area contributed by atoms with E-state index in [0.717, 1.165) is 25.1 Å². The van der Waals surface area contributed by atoms with Gasteiger partial charge in [0.15, 0.2) is 0 Å². The smallest absolute Gasteiger partial charge is 0.103 e. The number of nitrogens with zero attached hydrogens (tertiary/aromatic N) is 3. The number of nitriles is 1. The molecule has 0 aliphatic carbocycles. The lowest BCUT2D eigenvalue weighted by Crippen LogP contribution is -2.28. The van der Waals surface area contributed by atoms with Crippen LogP contribution in [0.25, 0.3) is 0 Å². The quantitative estimate of drug-likeness (QED) is 0.835. The third-order valence-electron chi connectivity index (χ3n) is 3.52. The summed E-state index contributed by atoms with van der Waals surface area (Å²) in [7, 11) is 0. The van der Waals surface area contributed by atoms with E-state index in [4.69, 9.17) is 5.26 Å². The molecule has 0 fully saturated rings. The number of fused-ring (bicyclic) bond motifs is 1. The fourth-order valence-corrected chi connectivity index (χ4v) is 2.53. The number of pyridine rings is 1. The van der Waals surface area contributed by atoms with Gasteiger partial charge in [-0.25, -0.2) is 0 Å². The van der Waals surface area contributed by atoms with Crippen molar-refractivity contribution in [3.05, 3.63) is 53.3 Å². The van der Waals surface area contributed by atoms with E-state index in [-0.39, 0.29) is 0 Å². The maximum atomic E-state index is 9.16. The fourth-order valence-electron chi connectivity index (χ4n) is 2.53. The minimum absolute atomic E-state index is 0.633. The van der Waals surface area contributed by atoms with Gasteiger partial charge in [-0.1, -0.05) is 25.5 Å². The second-order valence-electron chi connectivity index (χ2n) is 4.80. The molecule has 3 rings (SSSR count). The van der Waals surface area contributed by atoms with Crippen LogP contribution in [0.5, 0.6) is 0 Å². The molecule has 0 saturated heterocycles. The molecule has 19 heavy (non-hydrogen) atoms. The van der Waals surface area contributed by atoms with Crippen molar-refractivity contribution in [2.24, 2.45) is 0 Å². The van der Waals surface area contributed by atoms with Crippen LogP contribution in [0.15, 0.2) is 36.7 Å². The van der Waals surface area contributed by atoms with Gasteiger partial charge < -0.3 is 4.90 Å². The Hall–Kier alpha value is -2.34. The highest BCUT2D eigenvalue weighted by Crippen LogP contribution is 2.40. The fraction of sp³-hybridized carbons (Fsp3) is 0.250. The Bertz CT molecular complexity index is 655. The second kappa shape index (κ2) is 4.74. The van der Waals surface area contributed by atoms with E-state index in [2.05, 4.69) is 41.1 Å². The van der Waals surface area contributed by atoms with Crippen LogP contribution in [-0.4, -0.2) is 4.98 Å². The van der Waals surface area contributed by atoms with Gasteiger partial charge in [0.05, 0.1) is 17.8 Å². The van der Waals surface area contributed by atoms with Crippen LogP contribution in [-0.2, 0) is 13.0 Å². The SMILES string of the molecule is CCCc1ccc2c(c1)N(c1ccncc1C#N)C2. The number of rotatable bonds is 3. The summed E-state index contributed by atoms with van der Waals surface area (Å²) >= 11 is 0. The molecule has 3 nitrogen and oxygen atoms in total. The van der Waals surface area contributed by atoms with E-state index in [1.54, 1.807) is 12.4 Å². The molecule has 0 unspecified atom stereocenters. The molecular weight excluding hydrogens is 234 g/mol. The van der Waals surface area contributed by atoms with Crippen LogP contribution in [0.4, 0.5) is 11.4 Å². The molecule has 0 amide bonds. The molecular formula is C16H15N3. The molecule has 0 spiro atoms. The maximum Gasteiger partial charge on any atom is 0.103 e. The number of hydrogen-bond acceptors (Lipinski definition) is 3. The van der Waals surface area contributed by atoms with Gasteiger partial charge in [-0.2, -0.15) is 5.26 Å². The van der Waals surface area contributed by atoms with E-state index in [0.29, 0.717) is 5.56 Å². The van der Waals surface area contributed by atoms with Crippen molar-refractivity contribution in [2.75, 3.05) is 4.90 Å². The average molecular weight is 249 g/mol. The Labute approximate surface area is 113 Å². The van der Waals surface area contributed by atoms with Gasteiger partial charge in [-0.3, -0.25) is 4.98 Å². The summed E-state index contributed by atoms with van der Waals surface area (Å²) in [5, 5.41) is 9.16. The molecule has 0 saturated carbocycles. The zero-order valence-electron chi connectivity index (χ0n) is 10.9. The predicted octanol–water partition coefficient (Wildman–Crippen LogP) is 3.56. The Morgan fingerprint density at radius 1 is 1.32 bits per heavy atom. The second-order valence-corrected chi connectivity index (χ2v) is 4.80. The van der Waals surface area contributed by atoms with Crippen LogP contribution in [0.2, 0.25) is 0 Å². The summed E-state index contributed by atoms with van der Waals surface area (Å²) in [5.74, 6) is 0. The summed E-state index contributed by atoms with van der Waals surface area (Å²) in [4.78, 5) is 6.20. The van der Waals surface area contributed by atoms with E-state index < -0.39 is 0 Å². The molecule has 1 aliphatic heterocycles. The van der Waals surface area contributed by atoms with Gasteiger partial charge >= 0.3 is 0 Å². The Morgan fingerprint density at radius 3 is 3.00 bits per heavy atom. The van der Waals surface area contributed by atoms with Crippen LogP contribution in [0, 0.1) is 11.3 Å². The van der Waals surface area contributed by atoms with Crippen LogP contribution >= 0.6 is 0 Å². The topological polar surface area (TPSA) is 39.9 Å². The summed E-state index contributed by atoms with van der Waals surface area (Å²) in [5.41, 5.74) is 5.53. The first-order chi connectivity index (χ1) is 9.33. The lowest BCUT2D eigenvalue weighted by atomic mass is 9.97. The average Bonchev–Trinajstić information content (AvgIpc) is 2.43. The Kier molecular flexibility index (Phi) is 2.92. The molecule has 1 aliphatic rings. The standard InChI is InChI=1S/C16H15N3/c1-2-3-12-4-5-13-11-19(16(13)8-12)15-6-7-18-10-14(15)9-17/h4-8,10H,2-3,11H2,1H3. The zero-order valence-corrected chi connectivity index (χ0v) is 10.9. The van der Waals surface area contributed by atoms with E-state index in [1.807, 2.05) is 6.07 Å². The molecule has 3 heteroatoms. The van der Waals surface area contributed by atoms with Crippen LogP contribution < -0.4 is 4.90 Å². The van der Waals surface area contributed by atoms with Crippen molar-refractivity contribution < 1.29 is 0 Å². The van der Waals surface area contributed by atoms with Gasteiger partial charge in [0.25, 0.3) is 0 Å². The third kappa shape index (κ3) is 1.96. The molecule has 1 aromatic heterocycles. The van der Waals surface area contributed by atoms with Crippen molar-refractivity contribution in [3.63, 3.8) is 0 Å². The predicted molar refractivity (Wildman–Crippen MR) is 75.2 cm³/mol. The minimum atomic E-state index is 0.633. The summed E-state index contributed by atoms with van der Waals surface area (Å²) < 4.78 is 0. The molecule has 0 atom stereocenters. The molecule has 0 bridgehead atoms. The number of hydrogen-bond donors (Lipinski definition) is 0. The van der Waals surface area contributed by atoms with Crippen molar-refractivity contribution in [1.82, 2.24) is 4.98 Å². The molecule has 0 N–H and O–H groups in total. The summed E-state index contributed by atoms with van der Waals surface area (Å²) in [6, 6.07) is 10.8. The normalized spacial score (nSPS) is 12.5. The first-order valence-corrected chi connectivity index (χ1v) is 6.57. The van der Waals surface area contributed by atoms with E-state index in [1.165, 1.54) is 16.8 Å². The summed E-state index contributed by atoms with van der Waals surface area (Å²) in [6.45, 7) is 3.06. The number of aryl methyl sites for hydroxylation is 1. The van der Waals surface area contributed by atoms with E-state index >= 15 is 0 Å². The Morgan fingerprint density at radius 2 is 2.21 bits per heavy atom. The Balaban J connectivity index is 1.98. The highest BCUT2D eigenvalue weighted by molar-refractivity contribution is 5.77. The van der Waals surface area contributed by atoms with Crippen LogP contribution in [0.3, 0.4) is 0 Å². The molecule has 0 radical (unpaired) electrons. The highest BCUT2D eigenvalue weighted by atomic mass is 15.2. The van der Waals surface area contributed by atoms with Crippen molar-refractivity contribution in [3.8, 4) is 6.07 Å². The minimum Gasteiger partial charge on any atom is -0.335 e. The van der Waals surface area contributed by atoms with Crippen molar-refractivity contribution in [1.29, 1.82) is 5.26 Å². The molecule has 1 aromatic carbocycles. The number of anilines is 2. The first-order valence-electron chi connectivity index (χ1n) is 6.57. The van der Waals surface area contributed by atoms with Gasteiger partial charge in [0.2, 0.25) is 0 Å². The van der Waals surface area contributed by atoms with Gasteiger partial charge in [0.1, 0.15) is 6.07 Å². The lowest BCUT2D eigenvalue weighted by molar-refractivity contribution is 0.863. The van der Waals surface area contributed by atoms with E-state index in [9.17, 15) is 0 Å². The van der Waals surface area contributed by atoms with Crippen molar-refractivity contribution >= 4 is 11.4 Å². The molecule has 2 heterocycles. The highest BCUT2D eigenvalue weighted by Gasteiger charge is 2.25. The van der Waals surface area contributed by atoms with Gasteiger partial charge in [-0.05, 0) is 29.7 Å². The lowest BCUT2D eigenvalue weighted by Gasteiger charge is -2.37. The van der Waals surface area contributed by atoms with Gasteiger partial charge in [0, 0.05) is 18.1 Å². The molecule has 94 valence electrons. The largest absolute Gasteiger partial charge is 0.335 e. The summed E-state index contributed by atoms with van der Waals surface area (Å²) in [6.07, 6.45) is 5.62. The van der Waals surface area contributed by atoms with Crippen molar-refractivity contribution in [2.45, 2.75) is 26.3 Å². The zero-order chi connectivity index (χ0) is 13.2. The van der Waals surface area contributed by atoms with Crippen LogP contribution in [0.1, 0.15) is 30.0 Å².